The molecule has 0 fully saturated rings. The van der Waals surface area contributed by atoms with Crippen molar-refractivity contribution in [3.8, 4) is 0 Å². The minimum atomic E-state index is 0.0277. The number of rotatable bonds is 4. The molecule has 0 unspecified atom stereocenters. The summed E-state index contributed by atoms with van der Waals surface area (Å²) < 4.78 is 1.17. The van der Waals surface area contributed by atoms with Crippen molar-refractivity contribution in [1.29, 1.82) is 0 Å². The highest BCUT2D eigenvalue weighted by molar-refractivity contribution is 14.1. The van der Waals surface area contributed by atoms with E-state index < -0.39 is 0 Å². The molecule has 0 spiro atoms. The van der Waals surface area contributed by atoms with E-state index in [2.05, 4.69) is 27.9 Å². The normalized spacial score (nSPS) is 10.1. The Labute approximate surface area is 109 Å². The van der Waals surface area contributed by atoms with Crippen LogP contribution in [0.2, 0.25) is 0 Å². The number of carbonyl (C=O) groups excluding carboxylic acids is 1. The summed E-state index contributed by atoms with van der Waals surface area (Å²) in [5.74, 6) is 0.555. The highest BCUT2D eigenvalue weighted by Gasteiger charge is 2.04. The van der Waals surface area contributed by atoms with Gasteiger partial charge in [-0.2, -0.15) is 0 Å². The first-order chi connectivity index (χ1) is 7.13. The Bertz CT molecular complexity index is 354. The lowest BCUT2D eigenvalue weighted by atomic mass is 10.2. The molecule has 0 atom stereocenters. The number of hydrogen-bond donors (Lipinski definition) is 1. The van der Waals surface area contributed by atoms with Crippen LogP contribution in [0.5, 0.6) is 0 Å². The number of halogens is 2. The van der Waals surface area contributed by atoms with E-state index in [1.165, 1.54) is 3.57 Å². The monoisotopic (exact) mass is 337 g/mol. The van der Waals surface area contributed by atoms with E-state index in [-0.39, 0.29) is 5.91 Å². The predicted molar refractivity (Wildman–Crippen MR) is 72.5 cm³/mol. The molecule has 0 aliphatic heterocycles. The number of benzene rings is 1. The van der Waals surface area contributed by atoms with Gasteiger partial charge in [0, 0.05) is 21.6 Å². The molecule has 0 heterocycles. The lowest BCUT2D eigenvalue weighted by molar-refractivity contribution is -0.116. The zero-order valence-corrected chi connectivity index (χ0v) is 11.4. The first-order valence-electron chi connectivity index (χ1n) is 4.75. The highest BCUT2D eigenvalue weighted by Crippen LogP contribution is 2.17. The minimum Gasteiger partial charge on any atom is -0.326 e. The zero-order valence-electron chi connectivity index (χ0n) is 8.52. The summed E-state index contributed by atoms with van der Waals surface area (Å²) in [6, 6.07) is 5.94. The summed E-state index contributed by atoms with van der Waals surface area (Å²) in [5, 5.41) is 2.87. The third kappa shape index (κ3) is 4.38. The van der Waals surface area contributed by atoms with Crippen molar-refractivity contribution in [3.05, 3.63) is 27.3 Å². The second-order valence-corrected chi connectivity index (χ2v) is 4.92. The fourth-order valence-electron chi connectivity index (χ4n) is 1.21. The van der Waals surface area contributed by atoms with Crippen molar-refractivity contribution in [2.75, 3.05) is 11.2 Å². The molecule has 0 aliphatic rings. The van der Waals surface area contributed by atoms with Gasteiger partial charge in [-0.1, -0.05) is 0 Å². The van der Waals surface area contributed by atoms with Gasteiger partial charge in [-0.15, -0.1) is 11.6 Å². The van der Waals surface area contributed by atoms with Crippen LogP contribution in [0.1, 0.15) is 18.4 Å². The molecular weight excluding hydrogens is 324 g/mol. The van der Waals surface area contributed by atoms with E-state index in [9.17, 15) is 4.79 Å². The van der Waals surface area contributed by atoms with Gasteiger partial charge >= 0.3 is 0 Å². The van der Waals surface area contributed by atoms with Crippen LogP contribution in [-0.2, 0) is 4.79 Å². The number of carbonyl (C=O) groups is 1. The molecule has 4 heteroatoms. The number of anilines is 1. The van der Waals surface area contributed by atoms with Crippen LogP contribution < -0.4 is 5.32 Å². The smallest absolute Gasteiger partial charge is 0.224 e. The van der Waals surface area contributed by atoms with Crippen LogP contribution in [0.25, 0.3) is 0 Å². The van der Waals surface area contributed by atoms with Gasteiger partial charge in [0.05, 0.1) is 0 Å². The van der Waals surface area contributed by atoms with Gasteiger partial charge in [-0.3, -0.25) is 4.79 Å². The lowest BCUT2D eigenvalue weighted by Gasteiger charge is -2.08. The first-order valence-corrected chi connectivity index (χ1v) is 6.37. The average molecular weight is 338 g/mol. The van der Waals surface area contributed by atoms with Gasteiger partial charge < -0.3 is 5.32 Å². The number of nitrogens with one attached hydrogen (secondary N) is 1. The third-order valence-electron chi connectivity index (χ3n) is 2.00. The molecule has 1 aromatic rings. The van der Waals surface area contributed by atoms with Gasteiger partial charge in [-0.05, 0) is 59.7 Å². The van der Waals surface area contributed by atoms with Crippen molar-refractivity contribution in [3.63, 3.8) is 0 Å². The molecule has 15 heavy (non-hydrogen) atoms. The van der Waals surface area contributed by atoms with Gasteiger partial charge in [0.1, 0.15) is 0 Å². The van der Waals surface area contributed by atoms with Crippen molar-refractivity contribution >= 4 is 45.8 Å². The summed E-state index contributed by atoms with van der Waals surface area (Å²) in [6.45, 7) is 1.99. The van der Waals surface area contributed by atoms with E-state index in [0.29, 0.717) is 12.3 Å². The van der Waals surface area contributed by atoms with Crippen molar-refractivity contribution in [2.24, 2.45) is 0 Å². The predicted octanol–water partition coefficient (Wildman–Crippen LogP) is 3.56. The molecule has 1 aromatic carbocycles. The molecule has 1 amide bonds. The van der Waals surface area contributed by atoms with Crippen LogP contribution >= 0.6 is 34.2 Å². The van der Waals surface area contributed by atoms with Crippen LogP contribution in [0.4, 0.5) is 5.69 Å². The van der Waals surface area contributed by atoms with Gasteiger partial charge in [0.2, 0.25) is 5.91 Å². The number of amides is 1. The molecule has 0 aromatic heterocycles. The molecule has 0 aliphatic carbocycles. The largest absolute Gasteiger partial charge is 0.326 e. The number of hydrogen-bond acceptors (Lipinski definition) is 1. The SMILES string of the molecule is Cc1cc(I)ccc1NC(=O)CCCCl. The minimum absolute atomic E-state index is 0.0277. The molecule has 1 rings (SSSR count). The highest BCUT2D eigenvalue weighted by atomic mass is 127. The average Bonchev–Trinajstić information content (AvgIpc) is 2.19. The maximum atomic E-state index is 11.4. The van der Waals surface area contributed by atoms with Crippen molar-refractivity contribution in [2.45, 2.75) is 19.8 Å². The lowest BCUT2D eigenvalue weighted by Crippen LogP contribution is -2.12. The summed E-state index contributed by atoms with van der Waals surface area (Å²) >= 11 is 7.77. The van der Waals surface area contributed by atoms with Gasteiger partial charge in [0.25, 0.3) is 0 Å². The Balaban J connectivity index is 2.60. The fraction of sp³-hybridized carbons (Fsp3) is 0.364. The Hall–Kier alpha value is -0.290. The van der Waals surface area contributed by atoms with Crippen LogP contribution in [0.15, 0.2) is 18.2 Å². The second-order valence-electron chi connectivity index (χ2n) is 3.30. The van der Waals surface area contributed by atoms with Gasteiger partial charge in [0.15, 0.2) is 0 Å². The third-order valence-corrected chi connectivity index (χ3v) is 2.94. The van der Waals surface area contributed by atoms with Gasteiger partial charge in [-0.25, -0.2) is 0 Å². The van der Waals surface area contributed by atoms with E-state index in [0.717, 1.165) is 17.7 Å². The van der Waals surface area contributed by atoms with Crippen LogP contribution in [0.3, 0.4) is 0 Å². The summed E-state index contributed by atoms with van der Waals surface area (Å²) in [5.41, 5.74) is 1.97. The number of aryl methyl sites for hydroxylation is 1. The van der Waals surface area contributed by atoms with E-state index in [4.69, 9.17) is 11.6 Å². The molecule has 1 N–H and O–H groups in total. The summed E-state index contributed by atoms with van der Waals surface area (Å²) in [7, 11) is 0. The topological polar surface area (TPSA) is 29.1 Å². The van der Waals surface area contributed by atoms with E-state index >= 15 is 0 Å². The van der Waals surface area contributed by atoms with E-state index in [1.807, 2.05) is 25.1 Å². The van der Waals surface area contributed by atoms with Crippen molar-refractivity contribution in [1.82, 2.24) is 0 Å². The Morgan fingerprint density at radius 1 is 1.53 bits per heavy atom. The zero-order chi connectivity index (χ0) is 11.3. The maximum Gasteiger partial charge on any atom is 0.224 e. The molecule has 0 saturated heterocycles. The Morgan fingerprint density at radius 3 is 2.87 bits per heavy atom. The molecule has 82 valence electrons. The molecular formula is C11H13ClINO. The molecule has 2 nitrogen and oxygen atoms in total. The number of alkyl halides is 1. The standard InChI is InChI=1S/C11H13ClINO/c1-8-7-9(13)4-5-10(8)14-11(15)3-2-6-12/h4-5,7H,2-3,6H2,1H3,(H,14,15). The molecule has 0 bridgehead atoms. The summed E-state index contributed by atoms with van der Waals surface area (Å²) in [4.78, 5) is 11.4. The Morgan fingerprint density at radius 2 is 2.27 bits per heavy atom. The quantitative estimate of drug-likeness (QED) is 0.660. The molecule has 0 radical (unpaired) electrons. The Kier molecular flexibility index (Phi) is 5.39. The maximum absolute atomic E-state index is 11.4. The fourth-order valence-corrected chi connectivity index (χ4v) is 1.99. The van der Waals surface area contributed by atoms with Crippen molar-refractivity contribution < 1.29 is 4.79 Å². The molecule has 0 saturated carbocycles. The van der Waals surface area contributed by atoms with Crippen LogP contribution in [-0.4, -0.2) is 11.8 Å². The second kappa shape index (κ2) is 6.33. The van der Waals surface area contributed by atoms with E-state index in [1.54, 1.807) is 0 Å². The first kappa shape index (κ1) is 12.8. The summed E-state index contributed by atoms with van der Waals surface area (Å²) in [6.07, 6.45) is 1.20. The van der Waals surface area contributed by atoms with Crippen LogP contribution in [0, 0.1) is 10.5 Å².